The van der Waals surface area contributed by atoms with Crippen LogP contribution in [0.25, 0.3) is 0 Å². The van der Waals surface area contributed by atoms with Gasteiger partial charge in [-0.2, -0.15) is 0 Å². The first-order chi connectivity index (χ1) is 32.3. The average Bonchev–Trinajstić information content (AvgIpc) is 3.32. The molecule has 14 atom stereocenters. The maximum atomic E-state index is 14.4. The zero-order valence-corrected chi connectivity index (χ0v) is 43.3. The van der Waals surface area contributed by atoms with E-state index in [-0.39, 0.29) is 72.5 Å². The summed E-state index contributed by atoms with van der Waals surface area (Å²) in [5.74, 6) is -7.77. The number of hydrogen-bond donors (Lipinski definition) is 2. The third kappa shape index (κ3) is 15.6. The van der Waals surface area contributed by atoms with Gasteiger partial charge in [-0.25, -0.2) is 4.79 Å². The third-order valence-corrected chi connectivity index (χ3v) is 15.0. The number of Topliss-reactive ketones (excluding diaryl/α,β-unsaturated/α-hetero) is 3. The van der Waals surface area contributed by atoms with Crippen molar-refractivity contribution in [2.75, 3.05) is 33.2 Å². The molecule has 3 aliphatic heterocycles. The number of ketones is 3. The number of nitrogens with zero attached hydrogens (tertiary/aromatic N) is 1. The first kappa shape index (κ1) is 57.2. The molecule has 15 nitrogen and oxygen atoms in total. The van der Waals surface area contributed by atoms with Gasteiger partial charge in [0.1, 0.15) is 41.6 Å². The van der Waals surface area contributed by atoms with Gasteiger partial charge in [-0.3, -0.25) is 24.0 Å². The van der Waals surface area contributed by atoms with Crippen molar-refractivity contribution in [1.82, 2.24) is 4.90 Å². The van der Waals surface area contributed by atoms with Crippen LogP contribution in [0.5, 0.6) is 0 Å². The summed E-state index contributed by atoms with van der Waals surface area (Å²) in [5.41, 5.74) is 1.25. The number of carbonyl (C=O) groups excluding carboxylic acids is 6. The molecular weight excluding hydrogens is 942 g/mol. The predicted octanol–water partition coefficient (Wildman–Crippen LogP) is 6.88. The molecule has 1 aliphatic carbocycles. The number of alkyl halides is 1. The quantitative estimate of drug-likeness (QED) is 0.110. The topological polar surface area (TPSA) is 201 Å². The Hall–Kier alpha value is -3.38. The smallest absolute Gasteiger partial charge is 0.329 e. The Morgan fingerprint density at radius 1 is 0.897 bits per heavy atom. The van der Waals surface area contributed by atoms with E-state index in [4.69, 9.17) is 28.4 Å². The Balaban J connectivity index is 1.67. The molecule has 4 rings (SSSR count). The number of rotatable bonds is 8. The molecule has 1 amide bonds. The molecule has 3 heterocycles. The maximum absolute atomic E-state index is 14.4. The fourth-order valence-corrected chi connectivity index (χ4v) is 10.3. The molecule has 0 aromatic rings. The molecule has 0 aromatic carbocycles. The zero-order valence-electron chi connectivity index (χ0n) is 41.7. The highest BCUT2D eigenvalue weighted by Gasteiger charge is 2.53. The lowest BCUT2D eigenvalue weighted by Gasteiger charge is -2.42. The first-order valence-corrected chi connectivity index (χ1v) is 25.6. The minimum Gasteiger partial charge on any atom is -0.460 e. The number of amides is 1. The van der Waals surface area contributed by atoms with Crippen LogP contribution in [0.2, 0.25) is 0 Å². The van der Waals surface area contributed by atoms with Crippen LogP contribution >= 0.6 is 15.9 Å². The molecule has 16 heteroatoms. The number of piperidine rings is 1. The normalized spacial score (nSPS) is 37.9. The van der Waals surface area contributed by atoms with Crippen LogP contribution in [0.3, 0.4) is 0 Å². The Kier molecular flexibility index (Phi) is 23.0. The van der Waals surface area contributed by atoms with E-state index in [1.54, 1.807) is 41.1 Å². The van der Waals surface area contributed by atoms with Gasteiger partial charge in [-0.05, 0) is 107 Å². The summed E-state index contributed by atoms with van der Waals surface area (Å²) >= 11 is 3.15. The number of hydrogen-bond acceptors (Lipinski definition) is 14. The largest absolute Gasteiger partial charge is 0.460 e. The molecule has 0 spiro atoms. The number of aliphatic hydroxyl groups is 2. The first-order valence-electron chi connectivity index (χ1n) is 24.5. The van der Waals surface area contributed by atoms with Crippen molar-refractivity contribution in [3.63, 3.8) is 0 Å². The molecule has 1 saturated carbocycles. The van der Waals surface area contributed by atoms with Gasteiger partial charge < -0.3 is 43.5 Å². The molecule has 3 unspecified atom stereocenters. The van der Waals surface area contributed by atoms with Crippen LogP contribution in [-0.2, 0) is 57.2 Å². The second-order valence-electron chi connectivity index (χ2n) is 19.7. The van der Waals surface area contributed by atoms with Gasteiger partial charge in [0.05, 0.1) is 18.3 Å². The van der Waals surface area contributed by atoms with Crippen molar-refractivity contribution in [1.29, 1.82) is 0 Å². The average molecular weight is 1020 g/mol. The van der Waals surface area contributed by atoms with Crippen LogP contribution in [0.1, 0.15) is 125 Å². The van der Waals surface area contributed by atoms with E-state index in [2.05, 4.69) is 15.9 Å². The van der Waals surface area contributed by atoms with Crippen molar-refractivity contribution in [2.45, 2.75) is 180 Å². The molecule has 382 valence electrons. The van der Waals surface area contributed by atoms with Gasteiger partial charge in [0.2, 0.25) is 5.79 Å². The van der Waals surface area contributed by atoms with E-state index in [1.165, 1.54) is 12.0 Å². The maximum Gasteiger partial charge on any atom is 0.329 e. The molecule has 2 N–H and O–H groups in total. The summed E-state index contributed by atoms with van der Waals surface area (Å²) in [4.78, 5) is 83.7. The van der Waals surface area contributed by atoms with Gasteiger partial charge in [0, 0.05) is 59.0 Å². The molecule has 3 fully saturated rings. The highest BCUT2D eigenvalue weighted by Crippen LogP contribution is 2.38. The fraction of sp³-hybridized carbons (Fsp3) is 0.731. The van der Waals surface area contributed by atoms with E-state index in [0.29, 0.717) is 69.8 Å². The fourth-order valence-electron chi connectivity index (χ4n) is 10.2. The summed E-state index contributed by atoms with van der Waals surface area (Å²) in [5, 5.41) is 23.4. The Morgan fingerprint density at radius 3 is 2.31 bits per heavy atom. The number of methoxy groups -OCH3 is 3. The lowest BCUT2D eigenvalue weighted by molar-refractivity contribution is -0.265. The number of allylic oxidation sites excluding steroid dienone is 6. The van der Waals surface area contributed by atoms with Gasteiger partial charge >= 0.3 is 11.9 Å². The molecular formula is C52H78BrNO14. The van der Waals surface area contributed by atoms with Crippen molar-refractivity contribution in [3.8, 4) is 0 Å². The van der Waals surface area contributed by atoms with E-state index in [9.17, 15) is 39.0 Å². The Morgan fingerprint density at radius 2 is 1.63 bits per heavy atom. The van der Waals surface area contributed by atoms with E-state index in [0.717, 1.165) is 5.57 Å². The van der Waals surface area contributed by atoms with Crippen LogP contribution in [0.4, 0.5) is 0 Å². The predicted molar refractivity (Wildman–Crippen MR) is 258 cm³/mol. The minimum absolute atomic E-state index is 0.0139. The van der Waals surface area contributed by atoms with Crippen LogP contribution in [0, 0.1) is 29.6 Å². The van der Waals surface area contributed by atoms with Gasteiger partial charge in [-0.1, -0.05) is 80.1 Å². The highest BCUT2D eigenvalue weighted by molar-refractivity contribution is 9.09. The van der Waals surface area contributed by atoms with Gasteiger partial charge in [0.15, 0.2) is 5.78 Å². The number of fused-ring (bicyclic) bond motifs is 3. The monoisotopic (exact) mass is 1020 g/mol. The highest BCUT2D eigenvalue weighted by atomic mass is 79.9. The van der Waals surface area contributed by atoms with E-state index >= 15 is 0 Å². The standard InChI is InChI=1S/C52H78BrNO14/c1-31-15-11-10-12-16-32(2)42(63-7)29-39-22-19-36(6)52(62,68-39)49(59)50(60)54-24-14-13-17-40(54)51(61)67-43(34(4)26-37-20-23-41(44(27-37)64-8)66-45(56)30-53)28-38(55)21-18-33(3)46(57)48(65-9)47(58)35(5)25-31/h10-12,15-16,18,31,34-37,39-44,46,48,57,62H,13-14,17,19-30H2,1-9H3/b12-10+,15-11+,32-16+,33-18+/t31?,34-,35+,36+,37-,39-,40?,41+,42-,43-,44+,46+,48?,52+/m0/s1. The van der Waals surface area contributed by atoms with Crippen molar-refractivity contribution in [2.24, 2.45) is 29.6 Å². The Labute approximate surface area is 411 Å². The number of halogens is 1. The minimum atomic E-state index is -2.44. The molecule has 4 aliphatic rings. The number of cyclic esters (lactones) is 1. The van der Waals surface area contributed by atoms with Crippen molar-refractivity contribution >= 4 is 51.1 Å². The molecule has 68 heavy (non-hydrogen) atoms. The number of esters is 2. The summed E-state index contributed by atoms with van der Waals surface area (Å²) in [6.45, 7) is 11.0. The second-order valence-corrected chi connectivity index (χ2v) is 20.3. The zero-order chi connectivity index (χ0) is 50.3. The molecule has 0 radical (unpaired) electrons. The van der Waals surface area contributed by atoms with Crippen LogP contribution in [0.15, 0.2) is 47.6 Å². The van der Waals surface area contributed by atoms with Gasteiger partial charge in [-0.15, -0.1) is 0 Å². The lowest BCUT2D eigenvalue weighted by atomic mass is 9.78. The number of carbonyl (C=O) groups is 6. The SMILES string of the molecule is COC1C(=O)[C@H](C)CC(C)/C=C/C=C/C=C(\C)[C@@H](OC)C[C@@H]2CC[C@@H](C)[C@@](O)(O2)C(=O)C(=O)N2CCCCC2C(=O)O[C@H]([C@@H](C)C[C@@H]2CC[C@@H](OC(=O)CBr)[C@H](OC)C2)CC(=O)C/C=C(\C)[C@H]1O. The third-order valence-electron chi connectivity index (χ3n) is 14.5. The summed E-state index contributed by atoms with van der Waals surface area (Å²) in [6.07, 6.45) is 11.0. The molecule has 0 aromatic heterocycles. The second kappa shape index (κ2) is 27.3. The summed E-state index contributed by atoms with van der Waals surface area (Å²) < 4.78 is 35.2. The number of ether oxygens (including phenoxy) is 6. The van der Waals surface area contributed by atoms with Crippen LogP contribution in [-0.4, -0.2) is 138 Å². The van der Waals surface area contributed by atoms with E-state index < -0.39 is 77.9 Å². The summed E-state index contributed by atoms with van der Waals surface area (Å²) in [6, 6.07) is -1.16. The van der Waals surface area contributed by atoms with Crippen molar-refractivity contribution in [3.05, 3.63) is 47.6 Å². The number of aliphatic hydroxyl groups excluding tert-OH is 1. The molecule has 2 saturated heterocycles. The Bertz CT molecular complexity index is 1860. The molecule has 2 bridgehead atoms. The van der Waals surface area contributed by atoms with E-state index in [1.807, 2.05) is 51.2 Å². The van der Waals surface area contributed by atoms with Gasteiger partial charge in [0.25, 0.3) is 11.7 Å². The summed E-state index contributed by atoms with van der Waals surface area (Å²) in [7, 11) is 4.51. The van der Waals surface area contributed by atoms with Crippen molar-refractivity contribution < 1.29 is 67.4 Å². The lowest BCUT2D eigenvalue weighted by Crippen LogP contribution is -2.61. The van der Waals surface area contributed by atoms with Crippen LogP contribution < -0.4 is 0 Å².